The highest BCUT2D eigenvalue weighted by molar-refractivity contribution is 6.56. The number of ether oxygens (including phenoxy) is 2. The van der Waals surface area contributed by atoms with Crippen LogP contribution < -0.4 is 19.3 Å². The lowest BCUT2D eigenvalue weighted by Crippen LogP contribution is -2.29. The van der Waals surface area contributed by atoms with Crippen molar-refractivity contribution in [2.45, 2.75) is 13.3 Å². The largest absolute Gasteiger partial charge is 0.494 e. The lowest BCUT2D eigenvalue weighted by molar-refractivity contribution is -0.139. The van der Waals surface area contributed by atoms with Gasteiger partial charge in [-0.05, 0) is 43.3 Å². The Morgan fingerprint density at radius 1 is 0.846 bits per heavy atom. The SMILES string of the molecule is CCOc1ccc(N2C[C@@H](C(=O)Oc3cccc(N4C(=O)c5c(Cl)c(Cl)c(Cl)c(Cl)c5C4=O)c3)CC2=O)cc1. The van der Waals surface area contributed by atoms with Crippen LogP contribution in [0.25, 0.3) is 0 Å². The summed E-state index contributed by atoms with van der Waals surface area (Å²) in [5.41, 5.74) is 0.429. The van der Waals surface area contributed by atoms with E-state index in [-0.39, 0.29) is 61.5 Å². The third-order valence-electron chi connectivity index (χ3n) is 6.31. The molecule has 0 saturated carbocycles. The van der Waals surface area contributed by atoms with Gasteiger partial charge in [-0.25, -0.2) is 4.90 Å². The molecule has 1 saturated heterocycles. The van der Waals surface area contributed by atoms with Gasteiger partial charge in [0.15, 0.2) is 0 Å². The second-order valence-electron chi connectivity index (χ2n) is 8.70. The summed E-state index contributed by atoms with van der Waals surface area (Å²) in [6, 6.07) is 12.9. The summed E-state index contributed by atoms with van der Waals surface area (Å²) in [7, 11) is 0. The molecular formula is C27H18Cl4N2O6. The number of carbonyl (C=O) groups excluding carboxylic acids is 4. The number of anilines is 2. The van der Waals surface area contributed by atoms with E-state index in [0.29, 0.717) is 18.0 Å². The van der Waals surface area contributed by atoms with Gasteiger partial charge in [0.05, 0.1) is 49.4 Å². The topological polar surface area (TPSA) is 93.2 Å². The monoisotopic (exact) mass is 606 g/mol. The van der Waals surface area contributed by atoms with Gasteiger partial charge in [-0.15, -0.1) is 0 Å². The molecule has 0 spiro atoms. The zero-order valence-corrected chi connectivity index (χ0v) is 23.2. The Balaban J connectivity index is 1.33. The van der Waals surface area contributed by atoms with Crippen LogP contribution in [-0.2, 0) is 9.59 Å². The van der Waals surface area contributed by atoms with Crippen molar-refractivity contribution in [3.8, 4) is 11.5 Å². The molecule has 3 aromatic rings. The van der Waals surface area contributed by atoms with Crippen molar-refractivity contribution in [2.24, 2.45) is 5.92 Å². The number of imide groups is 1. The predicted octanol–water partition coefficient (Wildman–Crippen LogP) is 6.46. The van der Waals surface area contributed by atoms with Gasteiger partial charge in [-0.2, -0.15) is 0 Å². The van der Waals surface area contributed by atoms with E-state index in [1.54, 1.807) is 24.3 Å². The quantitative estimate of drug-likeness (QED) is 0.105. The van der Waals surface area contributed by atoms with E-state index in [2.05, 4.69) is 0 Å². The first-order valence-corrected chi connectivity index (χ1v) is 13.2. The number of nitrogens with zero attached hydrogens (tertiary/aromatic N) is 2. The summed E-state index contributed by atoms with van der Waals surface area (Å²) < 4.78 is 11.0. The average Bonchev–Trinajstić information content (AvgIpc) is 3.43. The normalized spacial score (nSPS) is 16.6. The summed E-state index contributed by atoms with van der Waals surface area (Å²) in [5, 5.41) is -0.656. The molecule has 1 atom stereocenters. The number of amides is 3. The van der Waals surface area contributed by atoms with Crippen molar-refractivity contribution in [3.63, 3.8) is 0 Å². The zero-order valence-electron chi connectivity index (χ0n) is 20.2. The third kappa shape index (κ3) is 4.82. The maximum atomic E-state index is 13.2. The molecule has 2 aliphatic rings. The number of esters is 1. The molecule has 3 amide bonds. The van der Waals surface area contributed by atoms with E-state index in [9.17, 15) is 19.2 Å². The molecule has 39 heavy (non-hydrogen) atoms. The van der Waals surface area contributed by atoms with Crippen LogP contribution in [0.4, 0.5) is 11.4 Å². The highest BCUT2D eigenvalue weighted by Gasteiger charge is 2.43. The summed E-state index contributed by atoms with van der Waals surface area (Å²) >= 11 is 24.6. The fourth-order valence-corrected chi connectivity index (χ4v) is 5.49. The minimum Gasteiger partial charge on any atom is -0.494 e. The van der Waals surface area contributed by atoms with E-state index < -0.39 is 23.7 Å². The standard InChI is InChI=1S/C27H18Cl4N2O6/c1-2-38-16-8-6-14(7-9-16)32-12-13(10-18(32)34)27(37)39-17-5-3-4-15(11-17)33-25(35)19-20(26(33)36)22(29)24(31)23(30)21(19)28/h3-9,11,13H,2,10,12H2,1H3/t13-/m0/s1. The highest BCUT2D eigenvalue weighted by atomic mass is 35.5. The van der Waals surface area contributed by atoms with Crippen LogP contribution in [-0.4, -0.2) is 36.8 Å². The molecule has 0 bridgehead atoms. The Labute approximate surface area is 242 Å². The maximum absolute atomic E-state index is 13.2. The molecule has 200 valence electrons. The number of hydrogen-bond donors (Lipinski definition) is 0. The lowest BCUT2D eigenvalue weighted by atomic mass is 10.1. The van der Waals surface area contributed by atoms with Crippen LogP contribution in [0, 0.1) is 5.92 Å². The van der Waals surface area contributed by atoms with Gasteiger partial charge in [-0.1, -0.05) is 52.5 Å². The van der Waals surface area contributed by atoms with Crippen molar-refractivity contribution in [1.82, 2.24) is 0 Å². The third-order valence-corrected chi connectivity index (χ3v) is 8.12. The molecule has 2 heterocycles. The van der Waals surface area contributed by atoms with Crippen LogP contribution >= 0.6 is 46.4 Å². The molecule has 2 aliphatic heterocycles. The van der Waals surface area contributed by atoms with E-state index in [1.807, 2.05) is 6.92 Å². The van der Waals surface area contributed by atoms with Gasteiger partial charge in [0.25, 0.3) is 11.8 Å². The van der Waals surface area contributed by atoms with Gasteiger partial charge in [0, 0.05) is 24.7 Å². The molecule has 0 aliphatic carbocycles. The van der Waals surface area contributed by atoms with E-state index in [1.165, 1.54) is 29.2 Å². The minimum atomic E-state index is -0.753. The zero-order chi connectivity index (χ0) is 28.0. The van der Waals surface area contributed by atoms with E-state index >= 15 is 0 Å². The van der Waals surface area contributed by atoms with E-state index in [4.69, 9.17) is 55.9 Å². The molecule has 0 N–H and O–H groups in total. The smallest absolute Gasteiger partial charge is 0.316 e. The number of halogens is 4. The van der Waals surface area contributed by atoms with Crippen molar-refractivity contribution in [1.29, 1.82) is 0 Å². The Kier molecular flexibility index (Phi) is 7.48. The van der Waals surface area contributed by atoms with Crippen LogP contribution in [0.1, 0.15) is 34.1 Å². The summed E-state index contributed by atoms with van der Waals surface area (Å²) in [6.45, 7) is 2.54. The second kappa shape index (κ2) is 10.7. The summed E-state index contributed by atoms with van der Waals surface area (Å²) in [5.74, 6) is -2.30. The van der Waals surface area contributed by atoms with Crippen molar-refractivity contribution in [3.05, 3.63) is 79.7 Å². The number of carbonyl (C=O) groups is 4. The number of fused-ring (bicyclic) bond motifs is 1. The summed E-state index contributed by atoms with van der Waals surface area (Å²) in [6.07, 6.45) is -0.0251. The van der Waals surface area contributed by atoms with Crippen molar-refractivity contribution >= 4 is 81.5 Å². The number of benzene rings is 3. The molecule has 0 radical (unpaired) electrons. The first kappa shape index (κ1) is 27.3. The molecule has 12 heteroatoms. The second-order valence-corrected chi connectivity index (χ2v) is 10.2. The predicted molar refractivity (Wildman–Crippen MR) is 148 cm³/mol. The summed E-state index contributed by atoms with van der Waals surface area (Å²) in [4.78, 5) is 54.2. The van der Waals surface area contributed by atoms with Crippen LogP contribution in [0.5, 0.6) is 11.5 Å². The molecule has 0 aromatic heterocycles. The maximum Gasteiger partial charge on any atom is 0.316 e. The minimum absolute atomic E-state index is 0.0251. The van der Waals surface area contributed by atoms with Gasteiger partial charge >= 0.3 is 5.97 Å². The first-order chi connectivity index (χ1) is 18.6. The van der Waals surface area contributed by atoms with Crippen molar-refractivity contribution in [2.75, 3.05) is 23.0 Å². The Morgan fingerprint density at radius 3 is 2.05 bits per heavy atom. The van der Waals surface area contributed by atoms with Crippen molar-refractivity contribution < 1.29 is 28.7 Å². The average molecular weight is 608 g/mol. The van der Waals surface area contributed by atoms with Crippen LogP contribution in [0.3, 0.4) is 0 Å². The van der Waals surface area contributed by atoms with Gasteiger partial charge in [0.2, 0.25) is 5.91 Å². The highest BCUT2D eigenvalue weighted by Crippen LogP contribution is 2.46. The molecule has 8 nitrogen and oxygen atoms in total. The molecule has 1 fully saturated rings. The number of rotatable bonds is 6. The molecule has 0 unspecified atom stereocenters. The fraction of sp³-hybridized carbons (Fsp3) is 0.185. The van der Waals surface area contributed by atoms with E-state index in [0.717, 1.165) is 4.90 Å². The first-order valence-electron chi connectivity index (χ1n) is 11.7. The van der Waals surface area contributed by atoms with Crippen LogP contribution in [0.2, 0.25) is 20.1 Å². The van der Waals surface area contributed by atoms with Gasteiger partial charge < -0.3 is 14.4 Å². The fourth-order valence-electron chi connectivity index (χ4n) is 4.47. The number of hydrogen-bond acceptors (Lipinski definition) is 6. The Hall–Kier alpha value is -3.30. The lowest BCUT2D eigenvalue weighted by Gasteiger charge is -2.17. The molecule has 3 aromatic carbocycles. The van der Waals surface area contributed by atoms with Crippen LogP contribution in [0.15, 0.2) is 48.5 Å². The molecular weight excluding hydrogens is 590 g/mol. The van der Waals surface area contributed by atoms with Gasteiger partial charge in [0.1, 0.15) is 11.5 Å². The Bertz CT molecular complexity index is 1500. The van der Waals surface area contributed by atoms with Gasteiger partial charge in [-0.3, -0.25) is 19.2 Å². The molecule has 5 rings (SSSR count). The Morgan fingerprint density at radius 2 is 1.46 bits per heavy atom.